The maximum atomic E-state index is 15.0. The zero-order valence-electron chi connectivity index (χ0n) is 36.2. The molecule has 0 bridgehead atoms. The number of halogens is 3. The van der Waals surface area contributed by atoms with Gasteiger partial charge >= 0.3 is 6.18 Å². The molecule has 0 amide bonds. The molecule has 0 radical (unpaired) electrons. The van der Waals surface area contributed by atoms with Crippen LogP contribution in [0.5, 0.6) is 0 Å². The lowest BCUT2D eigenvalue weighted by atomic mass is 9.96. The zero-order valence-corrected chi connectivity index (χ0v) is 36.2. The third-order valence-corrected chi connectivity index (χ3v) is 12.9. The molecule has 0 N–H and O–H groups in total. The molecule has 12 aromatic rings. The van der Waals surface area contributed by atoms with Gasteiger partial charge < -0.3 is 9.13 Å². The highest BCUT2D eigenvalue weighted by atomic mass is 19.4. The lowest BCUT2D eigenvalue weighted by Gasteiger charge is -2.21. The first-order valence-electron chi connectivity index (χ1n) is 22.2. The van der Waals surface area contributed by atoms with Crippen molar-refractivity contribution in [3.8, 4) is 67.3 Å². The molecule has 0 aliphatic carbocycles. The standard InChI is InChI=1S/C60H36F3N5/c1-64-53-37-59(68-55-23-13-10-20-46(55)48-27-25-41(35-57(48)68)43-29-31-66-52(33-43)39-16-6-3-7-17-39)58(36-49(53)44-18-8-11-21-50(44)60(61,62)63)67-54-22-12-9-19-45(54)47-26-24-40(34-56(47)67)42-28-30-65-51(32-42)38-14-4-2-5-15-38/h2-37H. The number of rotatable bonds is 7. The van der Waals surface area contributed by atoms with Gasteiger partial charge in [-0.2, -0.15) is 13.2 Å². The quantitative estimate of drug-likeness (QED) is 0.150. The fourth-order valence-corrected chi connectivity index (χ4v) is 9.77. The number of alkyl halides is 3. The van der Waals surface area contributed by atoms with Gasteiger partial charge in [-0.25, -0.2) is 4.85 Å². The minimum absolute atomic E-state index is 0.0677. The van der Waals surface area contributed by atoms with E-state index in [4.69, 9.17) is 16.5 Å². The van der Waals surface area contributed by atoms with Gasteiger partial charge in [0.25, 0.3) is 0 Å². The molecule has 68 heavy (non-hydrogen) atoms. The summed E-state index contributed by atoms with van der Waals surface area (Å²) >= 11 is 0. The Morgan fingerprint density at radius 1 is 0.382 bits per heavy atom. The second-order valence-corrected chi connectivity index (χ2v) is 16.8. The van der Waals surface area contributed by atoms with E-state index < -0.39 is 11.7 Å². The molecule has 4 aromatic heterocycles. The first kappa shape index (κ1) is 40.4. The van der Waals surface area contributed by atoms with Crippen LogP contribution in [0.15, 0.2) is 219 Å². The highest BCUT2D eigenvalue weighted by molar-refractivity contribution is 6.13. The van der Waals surface area contributed by atoms with Crippen LogP contribution in [0.4, 0.5) is 18.9 Å². The third kappa shape index (κ3) is 6.79. The largest absolute Gasteiger partial charge is 0.416 e. The number of para-hydroxylation sites is 2. The van der Waals surface area contributed by atoms with Crippen LogP contribution in [0, 0.1) is 6.57 Å². The van der Waals surface area contributed by atoms with Crippen LogP contribution in [0.3, 0.4) is 0 Å². The Bertz CT molecular complexity index is 3970. The van der Waals surface area contributed by atoms with E-state index in [9.17, 15) is 13.2 Å². The summed E-state index contributed by atoms with van der Waals surface area (Å²) in [4.78, 5) is 13.4. The van der Waals surface area contributed by atoms with Gasteiger partial charge in [0.15, 0.2) is 5.69 Å². The number of nitrogens with zero attached hydrogens (tertiary/aromatic N) is 5. The van der Waals surface area contributed by atoms with Crippen LogP contribution in [-0.2, 0) is 6.18 Å². The van der Waals surface area contributed by atoms with E-state index in [1.54, 1.807) is 18.2 Å². The van der Waals surface area contributed by atoms with Gasteiger partial charge in [-0.3, -0.25) is 9.97 Å². The molecule has 8 aromatic carbocycles. The topological polar surface area (TPSA) is 40.0 Å². The van der Waals surface area contributed by atoms with Crippen LogP contribution in [0.2, 0.25) is 0 Å². The summed E-state index contributed by atoms with van der Waals surface area (Å²) in [5.74, 6) is 0. The van der Waals surface area contributed by atoms with E-state index in [2.05, 4.69) is 80.7 Å². The minimum atomic E-state index is -4.67. The summed E-state index contributed by atoms with van der Waals surface area (Å²) in [5.41, 5.74) is 11.6. The maximum absolute atomic E-state index is 15.0. The highest BCUT2D eigenvalue weighted by Gasteiger charge is 2.34. The molecular formula is C60H36F3N5. The highest BCUT2D eigenvalue weighted by Crippen LogP contribution is 2.47. The van der Waals surface area contributed by atoms with E-state index in [-0.39, 0.29) is 16.8 Å². The van der Waals surface area contributed by atoms with Crippen LogP contribution in [-0.4, -0.2) is 19.1 Å². The maximum Gasteiger partial charge on any atom is 0.416 e. The Balaban J connectivity index is 1.17. The van der Waals surface area contributed by atoms with Crippen LogP contribution in [0.25, 0.3) is 116 Å². The van der Waals surface area contributed by atoms with Crippen molar-refractivity contribution in [2.75, 3.05) is 0 Å². The molecule has 4 heterocycles. The van der Waals surface area contributed by atoms with Crippen molar-refractivity contribution < 1.29 is 13.2 Å². The predicted octanol–water partition coefficient (Wildman–Crippen LogP) is 16.6. The Morgan fingerprint density at radius 2 is 0.824 bits per heavy atom. The van der Waals surface area contributed by atoms with Crippen molar-refractivity contribution in [1.29, 1.82) is 0 Å². The van der Waals surface area contributed by atoms with Crippen molar-refractivity contribution in [2.24, 2.45) is 0 Å². The van der Waals surface area contributed by atoms with Gasteiger partial charge in [0.2, 0.25) is 0 Å². The average molecular weight is 884 g/mol. The lowest BCUT2D eigenvalue weighted by Crippen LogP contribution is -2.08. The summed E-state index contributed by atoms with van der Waals surface area (Å²) in [6.45, 7) is 8.57. The molecule has 12 rings (SSSR count). The fourth-order valence-electron chi connectivity index (χ4n) is 9.77. The van der Waals surface area contributed by atoms with Gasteiger partial charge in [-0.15, -0.1) is 0 Å². The molecule has 0 spiro atoms. The SMILES string of the molecule is [C-]#[N+]c1cc(-n2c3ccccc3c3ccc(-c4ccnc(-c5ccccc5)c4)cc32)c(-n2c3ccccc3c3ccc(-c4ccnc(-c5ccccc5)c4)cc32)cc1-c1ccccc1C(F)(F)F. The Kier molecular flexibility index (Phi) is 9.59. The Morgan fingerprint density at radius 3 is 1.34 bits per heavy atom. The lowest BCUT2D eigenvalue weighted by molar-refractivity contribution is -0.137. The number of pyridine rings is 2. The van der Waals surface area contributed by atoms with Crippen molar-refractivity contribution in [1.82, 2.24) is 19.1 Å². The molecule has 5 nitrogen and oxygen atoms in total. The molecule has 322 valence electrons. The first-order valence-corrected chi connectivity index (χ1v) is 22.2. The number of hydrogen-bond donors (Lipinski definition) is 0. The number of fused-ring (bicyclic) bond motifs is 6. The van der Waals surface area contributed by atoms with E-state index in [1.165, 1.54) is 12.1 Å². The molecule has 0 aliphatic rings. The molecule has 0 saturated heterocycles. The van der Waals surface area contributed by atoms with Crippen molar-refractivity contribution in [3.05, 3.63) is 236 Å². The molecule has 0 aliphatic heterocycles. The fraction of sp³-hybridized carbons (Fsp3) is 0.0167. The second-order valence-electron chi connectivity index (χ2n) is 16.8. The predicted molar refractivity (Wildman–Crippen MR) is 269 cm³/mol. The minimum Gasteiger partial charge on any atom is -0.308 e. The van der Waals surface area contributed by atoms with Crippen LogP contribution < -0.4 is 0 Å². The van der Waals surface area contributed by atoms with Gasteiger partial charge in [0.05, 0.1) is 57.0 Å². The van der Waals surface area contributed by atoms with E-state index >= 15 is 0 Å². The number of benzene rings is 8. The van der Waals surface area contributed by atoms with Crippen molar-refractivity contribution in [2.45, 2.75) is 6.18 Å². The third-order valence-electron chi connectivity index (χ3n) is 12.9. The first-order chi connectivity index (χ1) is 33.3. The number of hydrogen-bond acceptors (Lipinski definition) is 2. The summed E-state index contributed by atoms with van der Waals surface area (Å²) in [6.07, 6.45) is -1.04. The smallest absolute Gasteiger partial charge is 0.308 e. The monoisotopic (exact) mass is 883 g/mol. The Labute approximate surface area is 389 Å². The van der Waals surface area contributed by atoms with E-state index in [1.807, 2.05) is 116 Å². The molecule has 8 heteroatoms. The second kappa shape index (κ2) is 16.1. The van der Waals surface area contributed by atoms with Crippen LogP contribution >= 0.6 is 0 Å². The zero-order chi connectivity index (χ0) is 45.9. The van der Waals surface area contributed by atoms with E-state index in [0.29, 0.717) is 11.4 Å². The summed E-state index contributed by atoms with van der Waals surface area (Å²) < 4.78 is 49.2. The van der Waals surface area contributed by atoms with Crippen molar-refractivity contribution in [3.63, 3.8) is 0 Å². The summed E-state index contributed by atoms with van der Waals surface area (Å²) in [6, 6.07) is 66.3. The molecule has 0 unspecified atom stereocenters. The summed E-state index contributed by atoms with van der Waals surface area (Å²) in [5, 5.41) is 3.92. The van der Waals surface area contributed by atoms with Gasteiger partial charge in [0, 0.05) is 45.1 Å². The molecule has 0 fully saturated rings. The molecule has 0 saturated carbocycles. The summed E-state index contributed by atoms with van der Waals surface area (Å²) in [7, 11) is 0. The molecular weight excluding hydrogens is 848 g/mol. The average Bonchev–Trinajstić information content (AvgIpc) is 3.90. The van der Waals surface area contributed by atoms with Crippen molar-refractivity contribution >= 4 is 49.3 Å². The van der Waals surface area contributed by atoms with Gasteiger partial charge in [-0.05, 0) is 100 Å². The number of aromatic nitrogens is 4. The van der Waals surface area contributed by atoms with E-state index in [0.717, 1.165) is 94.4 Å². The van der Waals surface area contributed by atoms with Gasteiger partial charge in [-0.1, -0.05) is 140 Å². The van der Waals surface area contributed by atoms with Gasteiger partial charge in [0.1, 0.15) is 0 Å². The normalized spacial score (nSPS) is 11.7. The Hall–Kier alpha value is -9.06. The van der Waals surface area contributed by atoms with Crippen LogP contribution in [0.1, 0.15) is 5.56 Å². The molecule has 0 atom stereocenters.